The Hall–Kier alpha value is -2.10. The molecule has 1 saturated carbocycles. The molecule has 1 aromatic rings. The second-order valence-electron chi connectivity index (χ2n) is 5.05. The molecule has 1 fully saturated rings. The number of carboxylic acids is 1. The summed E-state index contributed by atoms with van der Waals surface area (Å²) >= 11 is 0. The van der Waals surface area contributed by atoms with E-state index in [-0.39, 0.29) is 11.8 Å². The van der Waals surface area contributed by atoms with Gasteiger partial charge < -0.3 is 10.4 Å². The van der Waals surface area contributed by atoms with Gasteiger partial charge in [0.05, 0.1) is 0 Å². The van der Waals surface area contributed by atoms with E-state index in [1.165, 1.54) is 6.08 Å². The second-order valence-corrected chi connectivity index (χ2v) is 5.05. The molecule has 0 aromatic heterocycles. The molecule has 1 amide bonds. The minimum atomic E-state index is -0.974. The Kier molecular flexibility index (Phi) is 3.69. The maximum absolute atomic E-state index is 11.8. The van der Waals surface area contributed by atoms with Gasteiger partial charge >= 0.3 is 5.97 Å². The highest BCUT2D eigenvalue weighted by molar-refractivity contribution is 5.95. The predicted octanol–water partition coefficient (Wildman–Crippen LogP) is 2.69. The van der Waals surface area contributed by atoms with Crippen LogP contribution < -0.4 is 5.32 Å². The number of hydrogen-bond acceptors (Lipinski definition) is 2. The van der Waals surface area contributed by atoms with Crippen LogP contribution in [0.2, 0.25) is 0 Å². The summed E-state index contributed by atoms with van der Waals surface area (Å²) in [6, 6.07) is 5.45. The molecule has 2 N–H and O–H groups in total. The number of carbonyl (C=O) groups excluding carboxylic acids is 1. The third kappa shape index (κ3) is 3.44. The lowest BCUT2D eigenvalue weighted by Crippen LogP contribution is -2.15. The van der Waals surface area contributed by atoms with Crippen molar-refractivity contribution in [2.45, 2.75) is 20.3 Å². The van der Waals surface area contributed by atoms with Crippen LogP contribution in [0.25, 0.3) is 6.08 Å². The van der Waals surface area contributed by atoms with Gasteiger partial charge in [0, 0.05) is 17.7 Å². The molecule has 0 radical (unpaired) electrons. The standard InChI is InChI=1S/C15H17NO3/c1-9-8-12(9)15(19)16-13-5-3-11(7-10(13)2)4-6-14(17)18/h3-7,9,12H,8H2,1-2H3,(H,16,19)(H,17,18). The van der Waals surface area contributed by atoms with Gasteiger partial charge in [-0.3, -0.25) is 4.79 Å². The van der Waals surface area contributed by atoms with Crippen molar-refractivity contribution in [3.05, 3.63) is 35.4 Å². The van der Waals surface area contributed by atoms with Gasteiger partial charge in [-0.1, -0.05) is 13.0 Å². The highest BCUT2D eigenvalue weighted by Gasteiger charge is 2.39. The lowest BCUT2D eigenvalue weighted by Gasteiger charge is -2.08. The van der Waals surface area contributed by atoms with Gasteiger partial charge in [-0.15, -0.1) is 0 Å². The number of anilines is 1. The van der Waals surface area contributed by atoms with Crippen LogP contribution in [0.4, 0.5) is 5.69 Å². The van der Waals surface area contributed by atoms with Crippen molar-refractivity contribution >= 4 is 23.6 Å². The smallest absolute Gasteiger partial charge is 0.328 e. The second kappa shape index (κ2) is 5.26. The molecule has 2 rings (SSSR count). The summed E-state index contributed by atoms with van der Waals surface area (Å²) in [5, 5.41) is 11.5. The molecule has 0 saturated heterocycles. The number of benzene rings is 1. The van der Waals surface area contributed by atoms with Gasteiger partial charge in [0.25, 0.3) is 0 Å². The van der Waals surface area contributed by atoms with E-state index in [1.807, 2.05) is 19.1 Å². The van der Waals surface area contributed by atoms with Crippen LogP contribution in [0.1, 0.15) is 24.5 Å². The van der Waals surface area contributed by atoms with Gasteiger partial charge in [0.15, 0.2) is 0 Å². The zero-order chi connectivity index (χ0) is 14.0. The van der Waals surface area contributed by atoms with Crippen molar-refractivity contribution < 1.29 is 14.7 Å². The quantitative estimate of drug-likeness (QED) is 0.817. The fraction of sp³-hybridized carbons (Fsp3) is 0.333. The monoisotopic (exact) mass is 259 g/mol. The third-order valence-corrected chi connectivity index (χ3v) is 3.37. The summed E-state index contributed by atoms with van der Waals surface area (Å²) in [6.07, 6.45) is 3.59. The number of carbonyl (C=O) groups is 2. The third-order valence-electron chi connectivity index (χ3n) is 3.37. The molecule has 0 spiro atoms. The average molecular weight is 259 g/mol. The molecule has 1 aliphatic rings. The topological polar surface area (TPSA) is 66.4 Å². The summed E-state index contributed by atoms with van der Waals surface area (Å²) in [7, 11) is 0. The van der Waals surface area contributed by atoms with Crippen molar-refractivity contribution in [1.29, 1.82) is 0 Å². The van der Waals surface area contributed by atoms with Gasteiger partial charge in [-0.05, 0) is 48.6 Å². The van der Waals surface area contributed by atoms with Gasteiger partial charge in [-0.2, -0.15) is 0 Å². The number of carboxylic acid groups (broad SMARTS) is 1. The van der Waals surface area contributed by atoms with Crippen LogP contribution >= 0.6 is 0 Å². The molecule has 1 aliphatic carbocycles. The van der Waals surface area contributed by atoms with E-state index in [4.69, 9.17) is 5.11 Å². The zero-order valence-corrected chi connectivity index (χ0v) is 11.0. The van der Waals surface area contributed by atoms with E-state index in [1.54, 1.807) is 6.07 Å². The van der Waals surface area contributed by atoms with Crippen molar-refractivity contribution in [3.8, 4) is 0 Å². The molecule has 0 aliphatic heterocycles. The van der Waals surface area contributed by atoms with Crippen molar-refractivity contribution in [1.82, 2.24) is 0 Å². The summed E-state index contributed by atoms with van der Waals surface area (Å²) < 4.78 is 0. The SMILES string of the molecule is Cc1cc(C=CC(=O)O)ccc1NC(=O)C1CC1C. The molecular formula is C15H17NO3. The fourth-order valence-corrected chi connectivity index (χ4v) is 2.01. The highest BCUT2D eigenvalue weighted by atomic mass is 16.4. The number of hydrogen-bond donors (Lipinski definition) is 2. The first kappa shape index (κ1) is 13.3. The van der Waals surface area contributed by atoms with Gasteiger partial charge in [-0.25, -0.2) is 4.79 Å². The summed E-state index contributed by atoms with van der Waals surface area (Å²) in [6.45, 7) is 3.96. The van der Waals surface area contributed by atoms with E-state index in [2.05, 4.69) is 12.2 Å². The fourth-order valence-electron chi connectivity index (χ4n) is 2.01. The number of aryl methyl sites for hydroxylation is 1. The van der Waals surface area contributed by atoms with Crippen LogP contribution in [0.5, 0.6) is 0 Å². The number of nitrogens with one attached hydrogen (secondary N) is 1. The Labute approximate surface area is 112 Å². The lowest BCUT2D eigenvalue weighted by molar-refractivity contribution is -0.131. The maximum Gasteiger partial charge on any atom is 0.328 e. The summed E-state index contributed by atoms with van der Waals surface area (Å²) in [5.74, 6) is -0.272. The molecule has 2 atom stereocenters. The lowest BCUT2D eigenvalue weighted by atomic mass is 10.1. The first-order valence-electron chi connectivity index (χ1n) is 6.30. The summed E-state index contributed by atoms with van der Waals surface area (Å²) in [4.78, 5) is 22.3. The van der Waals surface area contributed by atoms with Crippen molar-refractivity contribution in [3.63, 3.8) is 0 Å². The zero-order valence-electron chi connectivity index (χ0n) is 11.0. The van der Waals surface area contributed by atoms with Crippen molar-refractivity contribution in [2.75, 3.05) is 5.32 Å². The Morgan fingerprint density at radius 1 is 1.42 bits per heavy atom. The average Bonchev–Trinajstić information content (AvgIpc) is 3.07. The van der Waals surface area contributed by atoms with E-state index in [0.717, 1.165) is 29.3 Å². The predicted molar refractivity (Wildman–Crippen MR) is 73.7 cm³/mol. The Morgan fingerprint density at radius 3 is 2.63 bits per heavy atom. The molecular weight excluding hydrogens is 242 g/mol. The Bertz CT molecular complexity index is 548. The maximum atomic E-state index is 11.8. The number of rotatable bonds is 4. The molecule has 0 heterocycles. The molecule has 2 unspecified atom stereocenters. The molecule has 19 heavy (non-hydrogen) atoms. The Balaban J connectivity index is 2.06. The van der Waals surface area contributed by atoms with Crippen LogP contribution in [-0.4, -0.2) is 17.0 Å². The molecule has 4 heteroatoms. The van der Waals surface area contributed by atoms with Crippen LogP contribution in [-0.2, 0) is 9.59 Å². The molecule has 100 valence electrons. The normalized spacial score (nSPS) is 21.4. The van der Waals surface area contributed by atoms with Crippen LogP contribution in [0, 0.1) is 18.8 Å². The minimum Gasteiger partial charge on any atom is -0.478 e. The largest absolute Gasteiger partial charge is 0.478 e. The summed E-state index contributed by atoms with van der Waals surface area (Å²) in [5.41, 5.74) is 2.52. The van der Waals surface area contributed by atoms with E-state index in [9.17, 15) is 9.59 Å². The first-order valence-corrected chi connectivity index (χ1v) is 6.30. The first-order chi connectivity index (χ1) is 8.97. The van der Waals surface area contributed by atoms with Gasteiger partial charge in [0.1, 0.15) is 0 Å². The molecule has 1 aromatic carbocycles. The van der Waals surface area contributed by atoms with Crippen LogP contribution in [0.15, 0.2) is 24.3 Å². The van der Waals surface area contributed by atoms with Crippen molar-refractivity contribution in [2.24, 2.45) is 11.8 Å². The highest BCUT2D eigenvalue weighted by Crippen LogP contribution is 2.38. The Morgan fingerprint density at radius 2 is 2.11 bits per heavy atom. The van der Waals surface area contributed by atoms with E-state index < -0.39 is 5.97 Å². The number of aliphatic carboxylic acids is 1. The molecule has 0 bridgehead atoms. The van der Waals surface area contributed by atoms with Crippen LogP contribution in [0.3, 0.4) is 0 Å². The number of amides is 1. The molecule has 4 nitrogen and oxygen atoms in total. The van der Waals surface area contributed by atoms with Gasteiger partial charge in [0.2, 0.25) is 5.91 Å². The van der Waals surface area contributed by atoms with E-state index >= 15 is 0 Å². The van der Waals surface area contributed by atoms with E-state index in [0.29, 0.717) is 5.92 Å². The minimum absolute atomic E-state index is 0.0735.